The van der Waals surface area contributed by atoms with E-state index in [9.17, 15) is 14.4 Å². The number of hydrogen-bond donors (Lipinski definition) is 3. The van der Waals surface area contributed by atoms with Crippen molar-refractivity contribution >= 4 is 5.97 Å². The fourth-order valence-corrected chi connectivity index (χ4v) is 1.07. The van der Waals surface area contributed by atoms with E-state index in [1.165, 1.54) is 0 Å². The number of H-pyrrole nitrogens is 2. The van der Waals surface area contributed by atoms with Gasteiger partial charge >= 0.3 is 11.7 Å². The molecule has 82 valence electrons. The number of carboxylic acids is 1. The Morgan fingerprint density at radius 2 is 2.19 bits per heavy atom. The van der Waals surface area contributed by atoms with Crippen molar-refractivity contribution in [3.8, 4) is 5.82 Å². The van der Waals surface area contributed by atoms with Crippen LogP contribution in [0.5, 0.6) is 0 Å². The molecule has 9 nitrogen and oxygen atoms in total. The van der Waals surface area contributed by atoms with E-state index in [4.69, 9.17) is 5.11 Å². The molecule has 0 atom stereocenters. The van der Waals surface area contributed by atoms with Crippen molar-refractivity contribution in [2.45, 2.75) is 0 Å². The molecule has 2 rings (SSSR count). The predicted octanol–water partition coefficient (Wildman–Crippen LogP) is -1.66. The van der Waals surface area contributed by atoms with Crippen LogP contribution in [-0.4, -0.2) is 35.8 Å². The molecular formula is C7H5N5O4. The Morgan fingerprint density at radius 3 is 2.75 bits per heavy atom. The van der Waals surface area contributed by atoms with Crippen LogP contribution in [0.1, 0.15) is 10.5 Å². The standard InChI is InChI=1S/C7H5N5O4/c13-5-4(10-11-7(16)9-5)12-1-3(6(14)15)8-2-12/h1-2H,(H,14,15)(H2,9,11,13,16). The third-order valence-corrected chi connectivity index (χ3v) is 1.74. The topological polar surface area (TPSA) is 134 Å². The molecule has 9 heteroatoms. The number of rotatable bonds is 2. The van der Waals surface area contributed by atoms with Gasteiger partial charge in [0.25, 0.3) is 5.56 Å². The summed E-state index contributed by atoms with van der Waals surface area (Å²) in [6.07, 6.45) is 2.22. The molecular weight excluding hydrogens is 218 g/mol. The number of nitrogens with zero attached hydrogens (tertiary/aromatic N) is 3. The van der Waals surface area contributed by atoms with Gasteiger partial charge in [0.05, 0.1) is 0 Å². The van der Waals surface area contributed by atoms with Crippen LogP contribution in [0.3, 0.4) is 0 Å². The van der Waals surface area contributed by atoms with Crippen molar-refractivity contribution in [1.29, 1.82) is 0 Å². The number of imidazole rings is 1. The SMILES string of the molecule is O=C(O)c1cn(-c2n[nH]c(=O)[nH]c2=O)cn1. The van der Waals surface area contributed by atoms with E-state index >= 15 is 0 Å². The minimum absolute atomic E-state index is 0.167. The van der Waals surface area contributed by atoms with Crippen molar-refractivity contribution in [3.63, 3.8) is 0 Å². The van der Waals surface area contributed by atoms with Gasteiger partial charge < -0.3 is 5.11 Å². The monoisotopic (exact) mass is 223 g/mol. The number of aromatic nitrogens is 5. The highest BCUT2D eigenvalue weighted by Gasteiger charge is 2.10. The number of carboxylic acid groups (broad SMARTS) is 1. The molecule has 0 aliphatic rings. The van der Waals surface area contributed by atoms with E-state index in [-0.39, 0.29) is 11.5 Å². The fourth-order valence-electron chi connectivity index (χ4n) is 1.07. The van der Waals surface area contributed by atoms with Gasteiger partial charge in [-0.1, -0.05) is 0 Å². The highest BCUT2D eigenvalue weighted by Crippen LogP contribution is 1.99. The number of aromatic amines is 2. The summed E-state index contributed by atoms with van der Waals surface area (Å²) in [5.41, 5.74) is -1.71. The first-order valence-corrected chi connectivity index (χ1v) is 4.04. The lowest BCUT2D eigenvalue weighted by Crippen LogP contribution is -2.27. The van der Waals surface area contributed by atoms with Gasteiger partial charge in [-0.15, -0.1) is 5.10 Å². The summed E-state index contributed by atoms with van der Waals surface area (Å²) in [6, 6.07) is 0. The Kier molecular flexibility index (Phi) is 2.12. The lowest BCUT2D eigenvalue weighted by atomic mass is 10.5. The Bertz CT molecular complexity index is 651. The van der Waals surface area contributed by atoms with Gasteiger partial charge in [-0.25, -0.2) is 19.7 Å². The lowest BCUT2D eigenvalue weighted by Gasteiger charge is -1.95. The number of nitrogens with one attached hydrogen (secondary N) is 2. The van der Waals surface area contributed by atoms with Crippen molar-refractivity contribution in [1.82, 2.24) is 24.7 Å². The maximum atomic E-state index is 11.3. The molecule has 0 aromatic carbocycles. The Labute approximate surface area is 86.4 Å². The van der Waals surface area contributed by atoms with Crippen molar-refractivity contribution in [2.75, 3.05) is 0 Å². The molecule has 0 saturated carbocycles. The second-order valence-corrected chi connectivity index (χ2v) is 2.80. The third-order valence-electron chi connectivity index (χ3n) is 1.74. The Morgan fingerprint density at radius 1 is 1.44 bits per heavy atom. The van der Waals surface area contributed by atoms with E-state index in [1.54, 1.807) is 0 Å². The molecule has 0 unspecified atom stereocenters. The number of aromatic carboxylic acids is 1. The second kappa shape index (κ2) is 3.46. The molecule has 0 radical (unpaired) electrons. The van der Waals surface area contributed by atoms with Crippen molar-refractivity contribution < 1.29 is 9.90 Å². The molecule has 2 aromatic rings. The van der Waals surface area contributed by atoms with E-state index in [2.05, 4.69) is 10.1 Å². The van der Waals surface area contributed by atoms with Crippen LogP contribution in [0.4, 0.5) is 0 Å². The average Bonchev–Trinajstić information content (AvgIpc) is 2.66. The van der Waals surface area contributed by atoms with E-state index in [0.717, 1.165) is 17.1 Å². The van der Waals surface area contributed by atoms with Crippen molar-refractivity contribution in [2.24, 2.45) is 0 Å². The lowest BCUT2D eigenvalue weighted by molar-refractivity contribution is 0.0691. The summed E-state index contributed by atoms with van der Waals surface area (Å²) in [5, 5.41) is 14.1. The number of carbonyl (C=O) groups is 1. The summed E-state index contributed by atoms with van der Waals surface area (Å²) in [7, 11) is 0. The van der Waals surface area contributed by atoms with Gasteiger partial charge in [0, 0.05) is 6.20 Å². The zero-order chi connectivity index (χ0) is 11.7. The van der Waals surface area contributed by atoms with Gasteiger partial charge in [0.1, 0.15) is 6.33 Å². The van der Waals surface area contributed by atoms with Crippen LogP contribution in [0.2, 0.25) is 0 Å². The second-order valence-electron chi connectivity index (χ2n) is 2.80. The first-order valence-electron chi connectivity index (χ1n) is 4.04. The minimum Gasteiger partial charge on any atom is -0.476 e. The van der Waals surface area contributed by atoms with Crippen molar-refractivity contribution in [3.05, 3.63) is 39.1 Å². The minimum atomic E-state index is -1.22. The maximum Gasteiger partial charge on any atom is 0.356 e. The largest absolute Gasteiger partial charge is 0.476 e. The zero-order valence-electron chi connectivity index (χ0n) is 7.67. The molecule has 0 saturated heterocycles. The van der Waals surface area contributed by atoms with E-state index < -0.39 is 17.2 Å². The molecule has 0 spiro atoms. The molecule has 0 aliphatic carbocycles. The first kappa shape index (κ1) is 9.83. The maximum absolute atomic E-state index is 11.3. The number of hydrogen-bond acceptors (Lipinski definition) is 5. The van der Waals surface area contributed by atoms with Crippen LogP contribution in [0.15, 0.2) is 22.1 Å². The molecule has 0 fully saturated rings. The summed E-state index contributed by atoms with van der Waals surface area (Å²) >= 11 is 0. The van der Waals surface area contributed by atoms with Crippen LogP contribution >= 0.6 is 0 Å². The first-order chi connectivity index (χ1) is 7.58. The molecule has 16 heavy (non-hydrogen) atoms. The van der Waals surface area contributed by atoms with Crippen LogP contribution in [0.25, 0.3) is 5.82 Å². The highest BCUT2D eigenvalue weighted by molar-refractivity contribution is 5.85. The van der Waals surface area contributed by atoms with Gasteiger partial charge in [-0.2, -0.15) is 0 Å². The normalized spacial score (nSPS) is 10.2. The van der Waals surface area contributed by atoms with Gasteiger partial charge in [-0.05, 0) is 0 Å². The van der Waals surface area contributed by atoms with Gasteiger partial charge in [-0.3, -0.25) is 14.3 Å². The van der Waals surface area contributed by atoms with E-state index in [0.29, 0.717) is 0 Å². The zero-order valence-corrected chi connectivity index (χ0v) is 7.67. The summed E-state index contributed by atoms with van der Waals surface area (Å²) in [6.45, 7) is 0. The molecule has 2 aromatic heterocycles. The van der Waals surface area contributed by atoms with Crippen LogP contribution in [0, 0.1) is 0 Å². The summed E-state index contributed by atoms with van der Waals surface area (Å²) < 4.78 is 1.10. The van der Waals surface area contributed by atoms with Gasteiger partial charge in [0.15, 0.2) is 5.69 Å². The molecule has 2 heterocycles. The van der Waals surface area contributed by atoms with E-state index in [1.807, 2.05) is 10.1 Å². The van der Waals surface area contributed by atoms with Gasteiger partial charge in [0.2, 0.25) is 5.82 Å². The molecule has 3 N–H and O–H groups in total. The third kappa shape index (κ3) is 1.61. The average molecular weight is 223 g/mol. The quantitative estimate of drug-likeness (QED) is 0.558. The summed E-state index contributed by atoms with van der Waals surface area (Å²) in [5.74, 6) is -1.39. The Balaban J connectivity index is 2.55. The summed E-state index contributed by atoms with van der Waals surface area (Å²) in [4.78, 5) is 38.0. The Hall–Kier alpha value is -2.71. The smallest absolute Gasteiger partial charge is 0.356 e. The predicted molar refractivity (Wildman–Crippen MR) is 49.6 cm³/mol. The fraction of sp³-hybridized carbons (Fsp3) is 0. The molecule has 0 bridgehead atoms. The van der Waals surface area contributed by atoms with Crippen LogP contribution in [-0.2, 0) is 0 Å². The molecule has 0 aliphatic heterocycles. The van der Waals surface area contributed by atoms with Crippen LogP contribution < -0.4 is 11.2 Å². The highest BCUT2D eigenvalue weighted by atomic mass is 16.4. The molecule has 0 amide bonds.